The van der Waals surface area contributed by atoms with Gasteiger partial charge in [-0.15, -0.1) is 0 Å². The number of nitro groups is 1. The van der Waals surface area contributed by atoms with E-state index in [1.165, 1.54) is 12.0 Å². The zero-order valence-corrected chi connectivity index (χ0v) is 12.0. The summed E-state index contributed by atoms with van der Waals surface area (Å²) in [6, 6.07) is 1.55. The number of rotatable bonds is 4. The van der Waals surface area contributed by atoms with E-state index in [1.807, 2.05) is 0 Å². The first kappa shape index (κ1) is 15.8. The Balaban J connectivity index is 2.48. The van der Waals surface area contributed by atoms with Gasteiger partial charge in [0.05, 0.1) is 30.7 Å². The zero-order chi connectivity index (χ0) is 16.4. The maximum atomic E-state index is 12.6. The fourth-order valence-corrected chi connectivity index (χ4v) is 2.48. The molecular weight excluding hydrogens is 292 g/mol. The van der Waals surface area contributed by atoms with Gasteiger partial charge >= 0.3 is 0 Å². The predicted octanol–water partition coefficient (Wildman–Crippen LogP) is 1.07. The van der Waals surface area contributed by atoms with Crippen LogP contribution in [0, 0.1) is 10.1 Å². The highest BCUT2D eigenvalue weighted by atomic mass is 16.6. The van der Waals surface area contributed by atoms with Crippen LogP contribution in [-0.2, 0) is 0 Å². The van der Waals surface area contributed by atoms with Crippen LogP contribution in [0.3, 0.4) is 0 Å². The first-order chi connectivity index (χ1) is 10.4. The maximum Gasteiger partial charge on any atom is 0.286 e. The molecule has 2 N–H and O–H groups in total. The highest BCUT2D eigenvalue weighted by molar-refractivity contribution is 5.99. The minimum Gasteiger partial charge on any atom is -0.504 e. The highest BCUT2D eigenvalue weighted by Gasteiger charge is 2.35. The first-order valence-electron chi connectivity index (χ1n) is 6.52. The summed E-state index contributed by atoms with van der Waals surface area (Å²) < 4.78 is 4.90. The van der Waals surface area contributed by atoms with Gasteiger partial charge in [0.2, 0.25) is 0 Å². The third-order valence-corrected chi connectivity index (χ3v) is 3.55. The van der Waals surface area contributed by atoms with Crippen LogP contribution in [0.15, 0.2) is 24.3 Å². The summed E-state index contributed by atoms with van der Waals surface area (Å²) in [6.45, 7) is 3.75. The van der Waals surface area contributed by atoms with Crippen LogP contribution in [0.4, 0.5) is 5.69 Å². The number of nitrogens with zero attached hydrogens (tertiary/aromatic N) is 2. The number of aromatic hydroxyl groups is 1. The molecule has 1 saturated heterocycles. The molecule has 2 rings (SSSR count). The van der Waals surface area contributed by atoms with Crippen LogP contribution in [0.5, 0.6) is 11.5 Å². The van der Waals surface area contributed by atoms with Crippen LogP contribution in [0.1, 0.15) is 16.8 Å². The predicted molar refractivity (Wildman–Crippen MR) is 77.0 cm³/mol. The van der Waals surface area contributed by atoms with E-state index in [1.54, 1.807) is 0 Å². The molecule has 0 bridgehead atoms. The first-order valence-corrected chi connectivity index (χ1v) is 6.52. The van der Waals surface area contributed by atoms with Gasteiger partial charge in [-0.2, -0.15) is 0 Å². The van der Waals surface area contributed by atoms with Gasteiger partial charge in [0.1, 0.15) is 5.56 Å². The number of benzene rings is 1. The van der Waals surface area contributed by atoms with Crippen molar-refractivity contribution in [2.45, 2.75) is 12.5 Å². The lowest BCUT2D eigenvalue weighted by Gasteiger charge is -2.22. The molecule has 1 fully saturated rings. The van der Waals surface area contributed by atoms with E-state index in [0.29, 0.717) is 6.42 Å². The van der Waals surface area contributed by atoms with Crippen molar-refractivity contribution in [2.75, 3.05) is 20.3 Å². The maximum absolute atomic E-state index is 12.6. The van der Waals surface area contributed by atoms with E-state index in [4.69, 9.17) is 4.74 Å². The third kappa shape index (κ3) is 2.73. The molecule has 118 valence electrons. The number of carbonyl (C=O) groups excluding carboxylic acids is 1. The Bertz CT molecular complexity index is 642. The van der Waals surface area contributed by atoms with E-state index in [9.17, 15) is 25.1 Å². The molecule has 8 nitrogen and oxygen atoms in total. The third-order valence-electron chi connectivity index (χ3n) is 3.55. The van der Waals surface area contributed by atoms with Gasteiger partial charge in [0.25, 0.3) is 11.6 Å². The Kier molecular flexibility index (Phi) is 4.32. The number of phenolic OH excluding ortho intramolecular Hbond substituents is 1. The van der Waals surface area contributed by atoms with Crippen molar-refractivity contribution >= 4 is 11.6 Å². The normalized spacial score (nSPS) is 17.6. The molecule has 1 aliphatic rings. The van der Waals surface area contributed by atoms with Gasteiger partial charge in [0.15, 0.2) is 11.5 Å². The number of ether oxygens (including phenoxy) is 1. The summed E-state index contributed by atoms with van der Waals surface area (Å²) in [5.74, 6) is -1.06. The monoisotopic (exact) mass is 308 g/mol. The number of phenols is 1. The number of hydrogen-bond acceptors (Lipinski definition) is 6. The Morgan fingerprint density at radius 1 is 1.59 bits per heavy atom. The second-order valence-corrected chi connectivity index (χ2v) is 5.02. The lowest BCUT2D eigenvalue weighted by Crippen LogP contribution is -2.37. The smallest absolute Gasteiger partial charge is 0.286 e. The lowest BCUT2D eigenvalue weighted by atomic mass is 10.1. The standard InChI is InChI=1S/C14H16N2O6/c1-8-3-9(7-17)15(6-8)14(19)10-4-13(22-2)12(18)5-11(10)16(20)21/h4-5,9,17-18H,1,3,6-7H2,2H3. The number of methoxy groups -OCH3 is 1. The molecule has 1 atom stereocenters. The van der Waals surface area contributed by atoms with Crippen molar-refractivity contribution in [3.8, 4) is 11.5 Å². The van der Waals surface area contributed by atoms with Crippen molar-refractivity contribution in [3.05, 3.63) is 40.0 Å². The Morgan fingerprint density at radius 2 is 2.27 bits per heavy atom. The molecule has 1 amide bonds. The van der Waals surface area contributed by atoms with E-state index >= 15 is 0 Å². The number of hydrogen-bond donors (Lipinski definition) is 2. The van der Waals surface area contributed by atoms with E-state index in [0.717, 1.165) is 17.7 Å². The molecule has 1 unspecified atom stereocenters. The number of aliphatic hydroxyl groups is 1. The summed E-state index contributed by atoms with van der Waals surface area (Å²) in [4.78, 5) is 24.3. The minimum atomic E-state index is -0.745. The SMILES string of the molecule is C=C1CC(CO)N(C(=O)c2cc(OC)c(O)cc2[N+](=O)[O-])C1. The Hall–Kier alpha value is -2.61. The summed E-state index contributed by atoms with van der Waals surface area (Å²) in [5, 5.41) is 30.1. The molecule has 0 spiro atoms. The molecule has 0 aromatic heterocycles. The fraction of sp³-hybridized carbons (Fsp3) is 0.357. The fourth-order valence-electron chi connectivity index (χ4n) is 2.48. The van der Waals surface area contributed by atoms with Gasteiger partial charge in [0, 0.05) is 12.6 Å². The molecule has 22 heavy (non-hydrogen) atoms. The average Bonchev–Trinajstić information content (AvgIpc) is 2.87. The lowest BCUT2D eigenvalue weighted by molar-refractivity contribution is -0.385. The van der Waals surface area contributed by atoms with Crippen molar-refractivity contribution in [2.24, 2.45) is 0 Å². The van der Waals surface area contributed by atoms with Gasteiger partial charge in [-0.25, -0.2) is 0 Å². The van der Waals surface area contributed by atoms with Gasteiger partial charge < -0.3 is 19.8 Å². The van der Waals surface area contributed by atoms with Gasteiger partial charge in [-0.05, 0) is 6.42 Å². The zero-order valence-electron chi connectivity index (χ0n) is 12.0. The number of nitro benzene ring substituents is 1. The van der Waals surface area contributed by atoms with Crippen molar-refractivity contribution in [1.29, 1.82) is 0 Å². The summed E-state index contributed by atoms with van der Waals surface area (Å²) in [6.07, 6.45) is 0.450. The molecule has 0 saturated carbocycles. The topological polar surface area (TPSA) is 113 Å². The number of aliphatic hydroxyl groups excluding tert-OH is 1. The summed E-state index contributed by atoms with van der Waals surface area (Å²) in [5.41, 5.74) is 0.0473. The summed E-state index contributed by atoms with van der Waals surface area (Å²) in [7, 11) is 1.28. The molecule has 1 aromatic rings. The molecular formula is C14H16N2O6. The Morgan fingerprint density at radius 3 is 2.82 bits per heavy atom. The van der Waals surface area contributed by atoms with E-state index < -0.39 is 28.3 Å². The Labute approximate surface area is 126 Å². The van der Waals surface area contributed by atoms with Crippen LogP contribution >= 0.6 is 0 Å². The van der Waals surface area contributed by atoms with Crippen LogP contribution in [0.25, 0.3) is 0 Å². The highest BCUT2D eigenvalue weighted by Crippen LogP contribution is 2.35. The second-order valence-electron chi connectivity index (χ2n) is 5.02. The molecule has 1 heterocycles. The summed E-state index contributed by atoms with van der Waals surface area (Å²) >= 11 is 0. The molecule has 1 aliphatic heterocycles. The van der Waals surface area contributed by atoms with Crippen molar-refractivity contribution in [3.63, 3.8) is 0 Å². The molecule has 0 aliphatic carbocycles. The quantitative estimate of drug-likeness (QED) is 0.489. The average molecular weight is 308 g/mol. The molecule has 0 radical (unpaired) electrons. The van der Waals surface area contributed by atoms with Crippen LogP contribution < -0.4 is 4.74 Å². The molecule has 1 aromatic carbocycles. The van der Waals surface area contributed by atoms with Crippen molar-refractivity contribution < 1.29 is 24.7 Å². The largest absolute Gasteiger partial charge is 0.504 e. The number of likely N-dealkylation sites (tertiary alicyclic amines) is 1. The van der Waals surface area contributed by atoms with Crippen LogP contribution in [0.2, 0.25) is 0 Å². The van der Waals surface area contributed by atoms with E-state index in [2.05, 4.69) is 6.58 Å². The van der Waals surface area contributed by atoms with E-state index in [-0.39, 0.29) is 24.5 Å². The molecule has 8 heteroatoms. The van der Waals surface area contributed by atoms with Crippen LogP contribution in [-0.4, -0.2) is 52.2 Å². The van der Waals surface area contributed by atoms with Gasteiger partial charge in [-0.3, -0.25) is 14.9 Å². The second kappa shape index (κ2) is 6.02. The number of amides is 1. The van der Waals surface area contributed by atoms with Gasteiger partial charge in [-0.1, -0.05) is 12.2 Å². The van der Waals surface area contributed by atoms with Crippen molar-refractivity contribution in [1.82, 2.24) is 4.90 Å². The minimum absolute atomic E-state index is 0.0347. The number of carbonyl (C=O) groups is 1.